The van der Waals surface area contributed by atoms with E-state index in [1.165, 1.54) is 12.3 Å². The number of aryl methyl sites for hydroxylation is 1. The fraction of sp³-hybridized carbons (Fsp3) is 0.286. The highest BCUT2D eigenvalue weighted by Crippen LogP contribution is 2.42. The molecule has 0 spiro atoms. The second-order valence-electron chi connectivity index (χ2n) is 2.62. The molecule has 0 saturated heterocycles. The van der Waals surface area contributed by atoms with Crippen molar-refractivity contribution < 1.29 is 8.42 Å². The van der Waals surface area contributed by atoms with Crippen LogP contribution in [0.1, 0.15) is 5.56 Å². The minimum Gasteiger partial charge on any atom is -0.245 e. The molecule has 0 fully saturated rings. The Morgan fingerprint density at radius 1 is 1.36 bits per heavy atom. The molecule has 0 aliphatic carbocycles. The van der Waals surface area contributed by atoms with E-state index >= 15 is 0 Å². The van der Waals surface area contributed by atoms with Crippen LogP contribution >= 0.6 is 47.8 Å². The Hall–Kier alpha value is 0.540. The lowest BCUT2D eigenvalue weighted by atomic mass is 10.3. The summed E-state index contributed by atoms with van der Waals surface area (Å²) in [5.41, 5.74) is 0.843. The summed E-state index contributed by atoms with van der Waals surface area (Å²) in [6.07, 6.45) is 1.46. The van der Waals surface area contributed by atoms with Crippen LogP contribution < -0.4 is 0 Å². The third kappa shape index (κ3) is 2.56. The SMILES string of the molecule is Cc1ccnc(S(=O)(=O)C(Br)(Br)Br)c1. The maximum atomic E-state index is 11.8. The molecule has 0 aliphatic rings. The fourth-order valence-corrected chi connectivity index (χ4v) is 3.04. The molecule has 14 heavy (non-hydrogen) atoms. The number of hydrogen-bond donors (Lipinski definition) is 0. The minimum absolute atomic E-state index is 0.0168. The molecule has 0 N–H and O–H groups in total. The van der Waals surface area contributed by atoms with Gasteiger partial charge in [-0.15, -0.1) is 0 Å². The topological polar surface area (TPSA) is 47.0 Å². The number of halogens is 3. The lowest BCUT2D eigenvalue weighted by Crippen LogP contribution is -2.19. The molecule has 0 bridgehead atoms. The number of sulfone groups is 1. The van der Waals surface area contributed by atoms with Gasteiger partial charge in [-0.2, -0.15) is 0 Å². The summed E-state index contributed by atoms with van der Waals surface area (Å²) in [4.78, 5) is 3.80. The molecular formula is C7H6Br3NO2S. The first-order valence-corrected chi connectivity index (χ1v) is 7.35. The van der Waals surface area contributed by atoms with Crippen molar-refractivity contribution in [3.63, 3.8) is 0 Å². The second kappa shape index (κ2) is 4.19. The Balaban J connectivity index is 3.32. The Kier molecular flexibility index (Phi) is 3.77. The molecule has 78 valence electrons. The van der Waals surface area contributed by atoms with Crippen molar-refractivity contribution in [1.82, 2.24) is 4.98 Å². The van der Waals surface area contributed by atoms with E-state index in [0.29, 0.717) is 0 Å². The number of aromatic nitrogens is 1. The quantitative estimate of drug-likeness (QED) is 0.672. The molecule has 3 nitrogen and oxygen atoms in total. The minimum atomic E-state index is -3.56. The summed E-state index contributed by atoms with van der Waals surface area (Å²) in [6.45, 7) is 1.80. The largest absolute Gasteiger partial charge is 0.245 e. The molecule has 1 heterocycles. The van der Waals surface area contributed by atoms with E-state index in [9.17, 15) is 8.42 Å². The van der Waals surface area contributed by atoms with E-state index in [0.717, 1.165) is 5.56 Å². The van der Waals surface area contributed by atoms with Crippen LogP contribution in [0.5, 0.6) is 0 Å². The van der Waals surface area contributed by atoms with Gasteiger partial charge in [0, 0.05) is 6.20 Å². The van der Waals surface area contributed by atoms with Crippen molar-refractivity contribution in [1.29, 1.82) is 0 Å². The van der Waals surface area contributed by atoms with Gasteiger partial charge in [-0.05, 0) is 72.4 Å². The Bertz CT molecular complexity index is 438. The van der Waals surface area contributed by atoms with E-state index in [1.807, 2.05) is 0 Å². The summed E-state index contributed by atoms with van der Waals surface area (Å²) >= 11 is 8.90. The maximum Gasteiger partial charge on any atom is 0.240 e. The van der Waals surface area contributed by atoms with Gasteiger partial charge in [0.1, 0.15) is 0 Å². The Labute approximate surface area is 108 Å². The van der Waals surface area contributed by atoms with Crippen LogP contribution in [0, 0.1) is 6.92 Å². The zero-order chi connectivity index (χ0) is 11.0. The highest BCUT2D eigenvalue weighted by atomic mass is 80.0. The van der Waals surface area contributed by atoms with Crippen molar-refractivity contribution in [2.24, 2.45) is 0 Å². The molecule has 0 saturated carbocycles. The van der Waals surface area contributed by atoms with Crippen LogP contribution in [-0.2, 0) is 9.84 Å². The van der Waals surface area contributed by atoms with Crippen LogP contribution in [0.4, 0.5) is 0 Å². The van der Waals surface area contributed by atoms with Gasteiger partial charge in [0.25, 0.3) is 0 Å². The molecular weight excluding hydrogens is 402 g/mol. The lowest BCUT2D eigenvalue weighted by molar-refractivity contribution is 0.595. The standard InChI is InChI=1S/C7H6Br3NO2S/c1-5-2-3-11-6(4-5)14(12,13)7(8,9)10/h2-4H,1H3. The van der Waals surface area contributed by atoms with Crippen molar-refractivity contribution >= 4 is 57.6 Å². The van der Waals surface area contributed by atoms with Gasteiger partial charge in [-0.1, -0.05) is 0 Å². The normalized spacial score (nSPS) is 12.9. The van der Waals surface area contributed by atoms with Crippen LogP contribution in [0.2, 0.25) is 0 Å². The van der Waals surface area contributed by atoms with Gasteiger partial charge in [-0.3, -0.25) is 0 Å². The smallest absolute Gasteiger partial charge is 0.240 e. The van der Waals surface area contributed by atoms with Crippen molar-refractivity contribution in [3.8, 4) is 0 Å². The fourth-order valence-electron chi connectivity index (χ4n) is 0.774. The summed E-state index contributed by atoms with van der Waals surface area (Å²) in [5.74, 6) is 0. The molecule has 0 amide bonds. The first-order chi connectivity index (χ1) is 6.25. The van der Waals surface area contributed by atoms with Gasteiger partial charge in [0.2, 0.25) is 11.3 Å². The lowest BCUT2D eigenvalue weighted by Gasteiger charge is -2.12. The van der Waals surface area contributed by atoms with Gasteiger partial charge in [-0.25, -0.2) is 13.4 Å². The molecule has 0 aromatic carbocycles. The molecule has 0 aliphatic heterocycles. The van der Waals surface area contributed by atoms with E-state index in [4.69, 9.17) is 0 Å². The van der Waals surface area contributed by atoms with Gasteiger partial charge < -0.3 is 0 Å². The Morgan fingerprint density at radius 3 is 2.36 bits per heavy atom. The van der Waals surface area contributed by atoms with Gasteiger partial charge >= 0.3 is 0 Å². The number of rotatable bonds is 1. The third-order valence-corrected chi connectivity index (χ3v) is 6.69. The van der Waals surface area contributed by atoms with Gasteiger partial charge in [0.05, 0.1) is 0 Å². The average molecular weight is 408 g/mol. The number of alkyl halides is 3. The monoisotopic (exact) mass is 405 g/mol. The number of pyridine rings is 1. The van der Waals surface area contributed by atoms with Crippen LogP contribution in [0.25, 0.3) is 0 Å². The summed E-state index contributed by atoms with van der Waals surface area (Å²) in [7, 11) is -3.56. The second-order valence-corrected chi connectivity index (χ2v) is 13.0. The third-order valence-electron chi connectivity index (χ3n) is 1.47. The Morgan fingerprint density at radius 2 is 1.93 bits per heavy atom. The van der Waals surface area contributed by atoms with E-state index < -0.39 is 11.3 Å². The molecule has 0 unspecified atom stereocenters. The molecule has 1 rings (SSSR count). The van der Waals surface area contributed by atoms with Crippen molar-refractivity contribution in [2.45, 2.75) is 13.4 Å². The van der Waals surface area contributed by atoms with Crippen LogP contribution in [0.3, 0.4) is 0 Å². The van der Waals surface area contributed by atoms with Crippen molar-refractivity contribution in [2.75, 3.05) is 0 Å². The highest BCUT2D eigenvalue weighted by molar-refractivity contribution is 9.42. The summed E-state index contributed by atoms with van der Waals surface area (Å²) < 4.78 is 22.2. The first-order valence-electron chi connectivity index (χ1n) is 3.49. The summed E-state index contributed by atoms with van der Waals surface area (Å²) in [6, 6.07) is 3.24. The molecule has 0 atom stereocenters. The molecule has 7 heteroatoms. The first kappa shape index (κ1) is 12.6. The predicted octanol–water partition coefficient (Wildman–Crippen LogP) is 2.96. The zero-order valence-corrected chi connectivity index (χ0v) is 12.6. The molecule has 1 aromatic heterocycles. The number of hydrogen-bond acceptors (Lipinski definition) is 3. The predicted molar refractivity (Wildman–Crippen MR) is 65.7 cm³/mol. The number of nitrogens with zero attached hydrogens (tertiary/aromatic N) is 1. The summed E-state index contributed by atoms with van der Waals surface area (Å²) in [5, 5.41) is 0.0168. The van der Waals surface area contributed by atoms with Crippen molar-refractivity contribution in [3.05, 3.63) is 23.9 Å². The highest BCUT2D eigenvalue weighted by Gasteiger charge is 2.38. The van der Waals surface area contributed by atoms with Crippen LogP contribution in [0.15, 0.2) is 23.4 Å². The van der Waals surface area contributed by atoms with Crippen LogP contribution in [-0.4, -0.2) is 14.9 Å². The van der Waals surface area contributed by atoms with E-state index in [1.54, 1.807) is 13.0 Å². The van der Waals surface area contributed by atoms with Gasteiger partial charge in [0.15, 0.2) is 5.03 Å². The zero-order valence-electron chi connectivity index (χ0n) is 7.04. The maximum absolute atomic E-state index is 11.8. The molecule has 1 aromatic rings. The van der Waals surface area contributed by atoms with E-state index in [-0.39, 0.29) is 5.03 Å². The average Bonchev–Trinajstić information content (AvgIpc) is 2.02. The van der Waals surface area contributed by atoms with E-state index in [2.05, 4.69) is 52.8 Å². The molecule has 0 radical (unpaired) electrons.